The molecule has 0 saturated carbocycles. The molecule has 112 valence electrons. The summed E-state index contributed by atoms with van der Waals surface area (Å²) in [5, 5.41) is 2.97. The summed E-state index contributed by atoms with van der Waals surface area (Å²) in [5.74, 6) is 6.38. The van der Waals surface area contributed by atoms with Crippen LogP contribution in [0.4, 0.5) is 26.1 Å². The molecule has 21 heavy (non-hydrogen) atoms. The topological polar surface area (TPSA) is 85.1 Å². The SMILES string of the molecule is CCc1c(NN)ncnc1Nc1ccccc1OC(F)F. The Labute approximate surface area is 120 Å². The van der Waals surface area contributed by atoms with Crippen molar-refractivity contribution in [3.05, 3.63) is 36.2 Å². The summed E-state index contributed by atoms with van der Waals surface area (Å²) in [6.45, 7) is -0.989. The van der Waals surface area contributed by atoms with Crippen molar-refractivity contribution in [3.8, 4) is 5.75 Å². The van der Waals surface area contributed by atoms with Gasteiger partial charge < -0.3 is 15.5 Å². The van der Waals surface area contributed by atoms with Gasteiger partial charge >= 0.3 is 6.61 Å². The Morgan fingerprint density at radius 3 is 2.62 bits per heavy atom. The van der Waals surface area contributed by atoms with E-state index in [2.05, 4.69) is 25.4 Å². The van der Waals surface area contributed by atoms with Crippen LogP contribution in [0, 0.1) is 0 Å². The predicted octanol–water partition coefficient (Wildman–Crippen LogP) is 2.67. The van der Waals surface area contributed by atoms with E-state index in [4.69, 9.17) is 5.84 Å². The molecule has 0 saturated heterocycles. The molecule has 1 heterocycles. The van der Waals surface area contributed by atoms with E-state index in [-0.39, 0.29) is 5.75 Å². The monoisotopic (exact) mass is 295 g/mol. The van der Waals surface area contributed by atoms with Crippen molar-refractivity contribution in [2.45, 2.75) is 20.0 Å². The van der Waals surface area contributed by atoms with E-state index in [1.54, 1.807) is 18.2 Å². The number of rotatable bonds is 6. The summed E-state index contributed by atoms with van der Waals surface area (Å²) < 4.78 is 29.3. The van der Waals surface area contributed by atoms with Crippen molar-refractivity contribution in [3.63, 3.8) is 0 Å². The minimum Gasteiger partial charge on any atom is -0.433 e. The number of aromatic nitrogens is 2. The first-order valence-corrected chi connectivity index (χ1v) is 6.27. The molecule has 1 aromatic heterocycles. The van der Waals surface area contributed by atoms with Crippen molar-refractivity contribution in [2.75, 3.05) is 10.7 Å². The van der Waals surface area contributed by atoms with Gasteiger partial charge in [-0.2, -0.15) is 8.78 Å². The zero-order valence-electron chi connectivity index (χ0n) is 11.3. The number of halogens is 2. The smallest absolute Gasteiger partial charge is 0.387 e. The van der Waals surface area contributed by atoms with Crippen LogP contribution in [0.15, 0.2) is 30.6 Å². The third-order valence-corrected chi connectivity index (χ3v) is 2.79. The molecule has 0 amide bonds. The number of alkyl halides is 2. The number of nitrogen functional groups attached to an aromatic ring is 1. The van der Waals surface area contributed by atoms with Crippen LogP contribution in [-0.4, -0.2) is 16.6 Å². The van der Waals surface area contributed by atoms with Gasteiger partial charge in [-0.05, 0) is 18.6 Å². The van der Waals surface area contributed by atoms with Crippen LogP contribution >= 0.6 is 0 Å². The number of nitrogens with zero attached hydrogens (tertiary/aromatic N) is 2. The summed E-state index contributed by atoms with van der Waals surface area (Å²) in [6.07, 6.45) is 1.94. The third-order valence-electron chi connectivity index (χ3n) is 2.79. The molecular formula is C13H15F2N5O. The van der Waals surface area contributed by atoms with Crippen LogP contribution in [0.3, 0.4) is 0 Å². The maximum atomic E-state index is 12.4. The third kappa shape index (κ3) is 3.54. The second-order valence-electron chi connectivity index (χ2n) is 4.05. The molecular weight excluding hydrogens is 280 g/mol. The number of ether oxygens (including phenoxy) is 1. The van der Waals surface area contributed by atoms with Gasteiger partial charge in [-0.3, -0.25) is 0 Å². The lowest BCUT2D eigenvalue weighted by atomic mass is 10.2. The highest BCUT2D eigenvalue weighted by Gasteiger charge is 2.13. The number of hydrogen-bond acceptors (Lipinski definition) is 6. The second-order valence-corrected chi connectivity index (χ2v) is 4.05. The Kier molecular flexibility index (Phi) is 4.83. The van der Waals surface area contributed by atoms with Gasteiger partial charge in [0.2, 0.25) is 0 Å². The van der Waals surface area contributed by atoms with E-state index in [0.717, 1.165) is 5.56 Å². The molecule has 8 heteroatoms. The number of benzene rings is 1. The first-order chi connectivity index (χ1) is 10.2. The highest BCUT2D eigenvalue weighted by molar-refractivity contribution is 5.68. The van der Waals surface area contributed by atoms with E-state index in [1.165, 1.54) is 12.4 Å². The minimum atomic E-state index is -2.90. The molecule has 0 radical (unpaired) electrons. The highest BCUT2D eigenvalue weighted by atomic mass is 19.3. The first-order valence-electron chi connectivity index (χ1n) is 6.27. The summed E-state index contributed by atoms with van der Waals surface area (Å²) in [4.78, 5) is 8.12. The molecule has 6 nitrogen and oxygen atoms in total. The quantitative estimate of drug-likeness (QED) is 0.561. The summed E-state index contributed by atoms with van der Waals surface area (Å²) >= 11 is 0. The predicted molar refractivity (Wildman–Crippen MR) is 75.6 cm³/mol. The van der Waals surface area contributed by atoms with Crippen LogP contribution in [-0.2, 0) is 6.42 Å². The van der Waals surface area contributed by atoms with Gasteiger partial charge in [-0.15, -0.1) is 0 Å². The Bertz CT molecular complexity index is 609. The van der Waals surface area contributed by atoms with E-state index in [0.29, 0.717) is 23.7 Å². The maximum absolute atomic E-state index is 12.4. The number of nitrogens with two attached hydrogens (primary N) is 1. The number of hydrazine groups is 1. The number of anilines is 3. The van der Waals surface area contributed by atoms with Gasteiger partial charge in [0.1, 0.15) is 23.7 Å². The highest BCUT2D eigenvalue weighted by Crippen LogP contribution is 2.30. The number of nitrogens with one attached hydrogen (secondary N) is 2. The molecule has 0 unspecified atom stereocenters. The zero-order valence-corrected chi connectivity index (χ0v) is 11.3. The number of para-hydroxylation sites is 2. The van der Waals surface area contributed by atoms with Gasteiger partial charge in [0.15, 0.2) is 0 Å². The molecule has 4 N–H and O–H groups in total. The van der Waals surface area contributed by atoms with Gasteiger partial charge in [-0.1, -0.05) is 19.1 Å². The van der Waals surface area contributed by atoms with Crippen LogP contribution < -0.4 is 21.3 Å². The lowest BCUT2D eigenvalue weighted by Crippen LogP contribution is -2.13. The fourth-order valence-electron chi connectivity index (χ4n) is 1.88. The number of hydrogen-bond donors (Lipinski definition) is 3. The summed E-state index contributed by atoms with van der Waals surface area (Å²) in [7, 11) is 0. The van der Waals surface area contributed by atoms with E-state index < -0.39 is 6.61 Å². The van der Waals surface area contributed by atoms with Gasteiger partial charge in [0.05, 0.1) is 5.69 Å². The standard InChI is InChI=1S/C13H15F2N5O/c1-2-8-11(17-7-18-12(8)20-16)19-9-5-3-4-6-10(9)21-13(14)15/h3-7,13H,2,16H2,1H3,(H2,17,18,19,20). The molecule has 0 aliphatic heterocycles. The second kappa shape index (κ2) is 6.80. The van der Waals surface area contributed by atoms with Crippen molar-refractivity contribution in [1.29, 1.82) is 0 Å². The van der Waals surface area contributed by atoms with Crippen molar-refractivity contribution < 1.29 is 13.5 Å². The molecule has 0 aliphatic rings. The molecule has 0 spiro atoms. The van der Waals surface area contributed by atoms with Crippen LogP contribution in [0.5, 0.6) is 5.75 Å². The fourth-order valence-corrected chi connectivity index (χ4v) is 1.88. The van der Waals surface area contributed by atoms with Crippen LogP contribution in [0.25, 0.3) is 0 Å². The molecule has 2 aromatic rings. The Hall–Kier alpha value is -2.48. The first kappa shape index (κ1) is 14.9. The maximum Gasteiger partial charge on any atom is 0.387 e. The Balaban J connectivity index is 2.34. The average molecular weight is 295 g/mol. The van der Waals surface area contributed by atoms with Gasteiger partial charge in [0, 0.05) is 5.56 Å². The molecule has 0 atom stereocenters. The van der Waals surface area contributed by atoms with E-state index in [9.17, 15) is 8.78 Å². The lowest BCUT2D eigenvalue weighted by Gasteiger charge is -2.15. The molecule has 0 fully saturated rings. The average Bonchev–Trinajstić information content (AvgIpc) is 2.48. The zero-order chi connectivity index (χ0) is 15.2. The van der Waals surface area contributed by atoms with Crippen molar-refractivity contribution in [2.24, 2.45) is 5.84 Å². The minimum absolute atomic E-state index is 0.0374. The Morgan fingerprint density at radius 2 is 1.95 bits per heavy atom. The van der Waals surface area contributed by atoms with E-state index >= 15 is 0 Å². The molecule has 0 bridgehead atoms. The summed E-state index contributed by atoms with van der Waals surface area (Å²) in [6, 6.07) is 6.38. The van der Waals surface area contributed by atoms with Crippen molar-refractivity contribution >= 4 is 17.3 Å². The van der Waals surface area contributed by atoms with E-state index in [1.807, 2.05) is 6.92 Å². The summed E-state index contributed by atoms with van der Waals surface area (Å²) in [5.41, 5.74) is 3.60. The molecule has 2 rings (SSSR count). The largest absolute Gasteiger partial charge is 0.433 e. The molecule has 0 aliphatic carbocycles. The lowest BCUT2D eigenvalue weighted by molar-refractivity contribution is -0.0493. The normalized spacial score (nSPS) is 10.5. The Morgan fingerprint density at radius 1 is 1.24 bits per heavy atom. The van der Waals surface area contributed by atoms with Crippen molar-refractivity contribution in [1.82, 2.24) is 9.97 Å². The van der Waals surface area contributed by atoms with Gasteiger partial charge in [0.25, 0.3) is 0 Å². The molecule has 1 aromatic carbocycles. The van der Waals surface area contributed by atoms with Crippen LogP contribution in [0.2, 0.25) is 0 Å². The fraction of sp³-hybridized carbons (Fsp3) is 0.231. The van der Waals surface area contributed by atoms with Gasteiger partial charge in [-0.25, -0.2) is 15.8 Å². The van der Waals surface area contributed by atoms with Crippen LogP contribution in [0.1, 0.15) is 12.5 Å².